The number of hydrogen-bond acceptors (Lipinski definition) is 6. The van der Waals surface area contributed by atoms with E-state index in [1.807, 2.05) is 0 Å². The SMILES string of the molecule is COCOc1ccc([C@@H](CC(=O)OC)N=[N+]=[N-])nc1Cl. The van der Waals surface area contributed by atoms with E-state index in [1.54, 1.807) is 12.1 Å². The number of aromatic nitrogens is 1. The predicted octanol–water partition coefficient (Wildman–Crippen LogP) is 2.63. The molecular weight excluding hydrogens is 288 g/mol. The quantitative estimate of drug-likeness (QED) is 0.192. The molecule has 0 aliphatic heterocycles. The Morgan fingerprint density at radius 1 is 1.55 bits per heavy atom. The lowest BCUT2D eigenvalue weighted by Crippen LogP contribution is -2.08. The van der Waals surface area contributed by atoms with Crippen LogP contribution in [0.2, 0.25) is 5.15 Å². The van der Waals surface area contributed by atoms with Gasteiger partial charge in [-0.3, -0.25) is 4.79 Å². The summed E-state index contributed by atoms with van der Waals surface area (Å²) in [7, 11) is 2.72. The molecule has 0 aliphatic rings. The van der Waals surface area contributed by atoms with Crippen LogP contribution in [-0.2, 0) is 14.3 Å². The number of carbonyl (C=O) groups is 1. The second-order valence-electron chi connectivity index (χ2n) is 3.58. The summed E-state index contributed by atoms with van der Waals surface area (Å²) >= 11 is 5.94. The second kappa shape index (κ2) is 8.21. The third-order valence-electron chi connectivity index (χ3n) is 2.29. The summed E-state index contributed by atoms with van der Waals surface area (Å²) < 4.78 is 14.5. The van der Waals surface area contributed by atoms with Crippen LogP contribution in [-0.4, -0.2) is 32.0 Å². The van der Waals surface area contributed by atoms with Crippen LogP contribution in [0.15, 0.2) is 17.2 Å². The number of azide groups is 1. The molecule has 20 heavy (non-hydrogen) atoms. The number of ether oxygens (including phenoxy) is 3. The number of nitrogens with zero attached hydrogens (tertiary/aromatic N) is 4. The molecule has 0 bridgehead atoms. The van der Waals surface area contributed by atoms with Gasteiger partial charge in [0.2, 0.25) is 0 Å². The zero-order valence-electron chi connectivity index (χ0n) is 10.9. The first kappa shape index (κ1) is 16.0. The smallest absolute Gasteiger partial charge is 0.306 e. The van der Waals surface area contributed by atoms with Gasteiger partial charge in [0.15, 0.2) is 17.7 Å². The Labute approximate surface area is 120 Å². The van der Waals surface area contributed by atoms with Crippen molar-refractivity contribution in [2.75, 3.05) is 21.0 Å². The van der Waals surface area contributed by atoms with Crippen molar-refractivity contribution < 1.29 is 19.0 Å². The molecule has 0 saturated heterocycles. The van der Waals surface area contributed by atoms with Gasteiger partial charge in [0.25, 0.3) is 0 Å². The predicted molar refractivity (Wildman–Crippen MR) is 70.3 cm³/mol. The molecule has 0 amide bonds. The number of hydrogen-bond donors (Lipinski definition) is 0. The third kappa shape index (κ3) is 4.58. The molecule has 1 aromatic heterocycles. The summed E-state index contributed by atoms with van der Waals surface area (Å²) in [5.41, 5.74) is 8.88. The summed E-state index contributed by atoms with van der Waals surface area (Å²) in [4.78, 5) is 18.0. The minimum Gasteiger partial charge on any atom is -0.469 e. The lowest BCUT2D eigenvalue weighted by Gasteiger charge is -2.11. The van der Waals surface area contributed by atoms with Gasteiger partial charge in [-0.2, -0.15) is 0 Å². The Hall–Kier alpha value is -2.02. The van der Waals surface area contributed by atoms with Gasteiger partial charge in [-0.1, -0.05) is 16.7 Å². The largest absolute Gasteiger partial charge is 0.469 e. The molecule has 1 heterocycles. The van der Waals surface area contributed by atoms with Crippen LogP contribution in [0.4, 0.5) is 0 Å². The maximum atomic E-state index is 11.3. The first-order valence-corrected chi connectivity index (χ1v) is 5.89. The molecule has 0 aromatic carbocycles. The van der Waals surface area contributed by atoms with E-state index in [4.69, 9.17) is 26.6 Å². The van der Waals surface area contributed by atoms with Crippen LogP contribution in [0.25, 0.3) is 10.4 Å². The van der Waals surface area contributed by atoms with Gasteiger partial charge < -0.3 is 14.2 Å². The fraction of sp³-hybridized carbons (Fsp3) is 0.455. The minimum absolute atomic E-state index is 0.0304. The van der Waals surface area contributed by atoms with Crippen molar-refractivity contribution in [1.82, 2.24) is 4.98 Å². The minimum atomic E-state index is -0.790. The van der Waals surface area contributed by atoms with E-state index in [0.717, 1.165) is 0 Å². The Morgan fingerprint density at radius 3 is 2.85 bits per heavy atom. The Balaban J connectivity index is 2.94. The van der Waals surface area contributed by atoms with Crippen LogP contribution in [0, 0.1) is 0 Å². The fourth-order valence-electron chi connectivity index (χ4n) is 1.36. The number of carbonyl (C=O) groups excluding carboxylic acids is 1. The van der Waals surface area contributed by atoms with Gasteiger partial charge in [0.05, 0.1) is 25.3 Å². The maximum Gasteiger partial charge on any atom is 0.306 e. The second-order valence-corrected chi connectivity index (χ2v) is 3.93. The lowest BCUT2D eigenvalue weighted by molar-refractivity contribution is -0.141. The van der Waals surface area contributed by atoms with E-state index < -0.39 is 12.0 Å². The van der Waals surface area contributed by atoms with Crippen LogP contribution < -0.4 is 4.74 Å². The zero-order valence-corrected chi connectivity index (χ0v) is 11.7. The van der Waals surface area contributed by atoms with Crippen LogP contribution in [0.5, 0.6) is 5.75 Å². The maximum absolute atomic E-state index is 11.3. The molecule has 9 heteroatoms. The Kier molecular flexibility index (Phi) is 6.58. The topological polar surface area (TPSA) is 106 Å². The van der Waals surface area contributed by atoms with Crippen molar-refractivity contribution in [2.24, 2.45) is 5.11 Å². The molecule has 0 fully saturated rings. The zero-order chi connectivity index (χ0) is 15.0. The summed E-state index contributed by atoms with van der Waals surface area (Å²) in [6.07, 6.45) is -0.123. The van der Waals surface area contributed by atoms with Crippen molar-refractivity contribution in [3.63, 3.8) is 0 Å². The highest BCUT2D eigenvalue weighted by atomic mass is 35.5. The summed E-state index contributed by atoms with van der Waals surface area (Å²) in [5.74, 6) is -0.185. The molecule has 0 radical (unpaired) electrons. The van der Waals surface area contributed by atoms with Crippen molar-refractivity contribution >= 4 is 17.6 Å². The van der Waals surface area contributed by atoms with E-state index in [1.165, 1.54) is 14.2 Å². The van der Waals surface area contributed by atoms with Crippen molar-refractivity contribution in [1.29, 1.82) is 0 Å². The van der Waals surface area contributed by atoms with Crippen molar-refractivity contribution in [2.45, 2.75) is 12.5 Å². The van der Waals surface area contributed by atoms with Crippen molar-refractivity contribution in [3.05, 3.63) is 33.4 Å². The number of rotatable bonds is 7. The Bertz CT molecular complexity index is 519. The summed E-state index contributed by atoms with van der Waals surface area (Å²) in [5, 5.41) is 3.59. The number of methoxy groups -OCH3 is 2. The number of pyridine rings is 1. The number of halogens is 1. The first-order chi connectivity index (χ1) is 9.62. The standard InChI is InChI=1S/C11H13ClN4O4/c1-18-6-20-9-4-3-7(14-11(9)12)8(15-16-13)5-10(17)19-2/h3-4,8H,5-6H2,1-2H3/t8-/m1/s1. The average molecular weight is 301 g/mol. The lowest BCUT2D eigenvalue weighted by atomic mass is 10.1. The molecule has 1 rings (SSSR count). The van der Waals surface area contributed by atoms with Crippen LogP contribution in [0.1, 0.15) is 18.2 Å². The molecule has 8 nitrogen and oxygen atoms in total. The van der Waals surface area contributed by atoms with Gasteiger partial charge in [-0.05, 0) is 17.7 Å². The van der Waals surface area contributed by atoms with Gasteiger partial charge in [0.1, 0.15) is 0 Å². The number of esters is 1. The summed E-state index contributed by atoms with van der Waals surface area (Å²) in [6.45, 7) is 0.0304. The molecule has 0 spiro atoms. The Morgan fingerprint density at radius 2 is 2.30 bits per heavy atom. The fourth-order valence-corrected chi connectivity index (χ4v) is 1.57. The molecule has 1 atom stereocenters. The average Bonchev–Trinajstić information content (AvgIpc) is 2.45. The molecule has 0 N–H and O–H groups in total. The van der Waals surface area contributed by atoms with E-state index in [-0.39, 0.29) is 18.4 Å². The monoisotopic (exact) mass is 300 g/mol. The third-order valence-corrected chi connectivity index (χ3v) is 2.56. The molecule has 0 unspecified atom stereocenters. The van der Waals surface area contributed by atoms with Gasteiger partial charge >= 0.3 is 5.97 Å². The molecule has 0 aliphatic carbocycles. The van der Waals surface area contributed by atoms with E-state index in [0.29, 0.717) is 11.4 Å². The van der Waals surface area contributed by atoms with E-state index >= 15 is 0 Å². The summed E-state index contributed by atoms with van der Waals surface area (Å²) in [6, 6.07) is 2.32. The van der Waals surface area contributed by atoms with E-state index in [2.05, 4.69) is 19.7 Å². The van der Waals surface area contributed by atoms with Crippen LogP contribution >= 0.6 is 11.6 Å². The molecule has 1 aromatic rings. The van der Waals surface area contributed by atoms with Crippen molar-refractivity contribution in [3.8, 4) is 5.75 Å². The highest BCUT2D eigenvalue weighted by Gasteiger charge is 2.18. The van der Waals surface area contributed by atoms with Gasteiger partial charge in [-0.25, -0.2) is 4.98 Å². The van der Waals surface area contributed by atoms with Crippen LogP contribution in [0.3, 0.4) is 0 Å². The van der Waals surface area contributed by atoms with Gasteiger partial charge in [-0.15, -0.1) is 0 Å². The molecule has 108 valence electrons. The first-order valence-electron chi connectivity index (χ1n) is 5.51. The van der Waals surface area contributed by atoms with Gasteiger partial charge in [0, 0.05) is 12.0 Å². The highest BCUT2D eigenvalue weighted by molar-refractivity contribution is 6.30. The molecular formula is C11H13ClN4O4. The highest BCUT2D eigenvalue weighted by Crippen LogP contribution is 2.27. The van der Waals surface area contributed by atoms with E-state index in [9.17, 15) is 4.79 Å². The molecule has 0 saturated carbocycles. The normalized spacial score (nSPS) is 11.3.